The molecular formula is C16H17F4NO3. The fourth-order valence-electron chi connectivity index (χ4n) is 2.09. The van der Waals surface area contributed by atoms with E-state index in [1.165, 1.54) is 6.92 Å². The molecule has 2 atom stereocenters. The molecule has 0 radical (unpaired) electrons. The summed E-state index contributed by atoms with van der Waals surface area (Å²) in [7, 11) is 0. The van der Waals surface area contributed by atoms with E-state index in [0.717, 1.165) is 19.0 Å². The van der Waals surface area contributed by atoms with Gasteiger partial charge in [-0.15, -0.1) is 0 Å². The molecule has 0 bridgehead atoms. The van der Waals surface area contributed by atoms with Crippen LogP contribution in [-0.4, -0.2) is 36.2 Å². The number of ether oxygens (including phenoxy) is 1. The first-order chi connectivity index (χ1) is 11.2. The second kappa shape index (κ2) is 6.78. The Bertz CT molecular complexity index is 648. The van der Waals surface area contributed by atoms with Crippen molar-refractivity contribution in [3.05, 3.63) is 35.1 Å². The van der Waals surface area contributed by atoms with Crippen molar-refractivity contribution in [1.82, 2.24) is 5.32 Å². The number of esters is 1. The maximum absolute atomic E-state index is 14.0. The predicted molar refractivity (Wildman–Crippen MR) is 77.6 cm³/mol. The third-order valence-electron chi connectivity index (χ3n) is 3.62. The number of rotatable bonds is 6. The normalized spacial score (nSPS) is 27.7. The number of carbonyl (C=O) groups excluding carboxylic acids is 2. The van der Waals surface area contributed by atoms with Gasteiger partial charge in [-0.25, -0.2) is 22.4 Å². The minimum absolute atomic E-state index is 0.0496. The predicted octanol–water partition coefficient (Wildman–Crippen LogP) is 2.91. The van der Waals surface area contributed by atoms with Gasteiger partial charge < -0.3 is 10.1 Å². The number of nitrogens with one attached hydrogen (secondary N) is 1. The van der Waals surface area contributed by atoms with Crippen LogP contribution >= 0.6 is 0 Å². The van der Waals surface area contributed by atoms with E-state index < -0.39 is 46.4 Å². The highest BCUT2D eigenvalue weighted by molar-refractivity contribution is 6.25. The lowest BCUT2D eigenvalue weighted by atomic mass is 9.88. The lowest BCUT2D eigenvalue weighted by Gasteiger charge is -2.25. The Labute approximate surface area is 136 Å². The minimum Gasteiger partial charge on any atom is -0.462 e. The van der Waals surface area contributed by atoms with Gasteiger partial charge in [0.25, 0.3) is 0 Å². The molecule has 0 aromatic heterocycles. The topological polar surface area (TPSA) is 55.4 Å². The number of hydrogen-bond acceptors (Lipinski definition) is 4. The van der Waals surface area contributed by atoms with Crippen LogP contribution in [0, 0.1) is 0 Å². The molecule has 0 aromatic rings. The van der Waals surface area contributed by atoms with Gasteiger partial charge in [-0.2, -0.15) is 0 Å². The van der Waals surface area contributed by atoms with Crippen LogP contribution in [0.2, 0.25) is 0 Å². The maximum atomic E-state index is 14.0. The summed E-state index contributed by atoms with van der Waals surface area (Å²) >= 11 is 0. The Morgan fingerprint density at radius 2 is 2.04 bits per heavy atom. The van der Waals surface area contributed by atoms with E-state index in [9.17, 15) is 27.2 Å². The summed E-state index contributed by atoms with van der Waals surface area (Å²) in [4.78, 5) is 24.3. The summed E-state index contributed by atoms with van der Waals surface area (Å²) in [5.41, 5.74) is -4.55. The van der Waals surface area contributed by atoms with Gasteiger partial charge in [0.05, 0.1) is 12.2 Å². The number of ketones is 1. The van der Waals surface area contributed by atoms with Gasteiger partial charge in [0.15, 0.2) is 23.5 Å². The fourth-order valence-corrected chi connectivity index (χ4v) is 2.09. The summed E-state index contributed by atoms with van der Waals surface area (Å²) in [6.45, 7) is 2.12. The number of hydrogen-bond donors (Lipinski definition) is 1. The van der Waals surface area contributed by atoms with E-state index in [-0.39, 0.29) is 12.6 Å². The van der Waals surface area contributed by atoms with Crippen molar-refractivity contribution in [1.29, 1.82) is 0 Å². The quantitative estimate of drug-likeness (QED) is 0.264. The largest absolute Gasteiger partial charge is 0.462 e. The van der Waals surface area contributed by atoms with Gasteiger partial charge in [0.1, 0.15) is 5.57 Å². The Balaban J connectivity index is 2.37. The van der Waals surface area contributed by atoms with Crippen molar-refractivity contribution in [2.45, 2.75) is 44.6 Å². The molecule has 1 N–H and O–H groups in total. The standard InChI is InChI=1S/C16H17F4NO3/c1-3-24-15(23)10(7-21-8-4-5-8)13(22)9-6-16(2,20)14(19)12(18)11(9)17/h6-8,14,21H,3-5H2,1-2H3. The monoisotopic (exact) mass is 347 g/mol. The number of alkyl halides is 2. The molecule has 132 valence electrons. The molecule has 24 heavy (non-hydrogen) atoms. The van der Waals surface area contributed by atoms with Crippen LogP contribution in [0.25, 0.3) is 0 Å². The van der Waals surface area contributed by atoms with E-state index in [0.29, 0.717) is 13.0 Å². The molecule has 1 fully saturated rings. The smallest absolute Gasteiger partial charge is 0.343 e. The molecule has 2 aliphatic rings. The van der Waals surface area contributed by atoms with Crippen LogP contribution in [0.4, 0.5) is 17.6 Å². The van der Waals surface area contributed by atoms with E-state index in [2.05, 4.69) is 5.32 Å². The lowest BCUT2D eigenvalue weighted by Crippen LogP contribution is -2.35. The van der Waals surface area contributed by atoms with Crippen molar-refractivity contribution >= 4 is 11.8 Å². The summed E-state index contributed by atoms with van der Waals surface area (Å²) in [6, 6.07) is 0.0707. The Morgan fingerprint density at radius 3 is 2.58 bits per heavy atom. The van der Waals surface area contributed by atoms with Crippen LogP contribution in [0.15, 0.2) is 35.1 Å². The van der Waals surface area contributed by atoms with E-state index in [4.69, 9.17) is 4.74 Å². The van der Waals surface area contributed by atoms with Crippen LogP contribution in [0.5, 0.6) is 0 Å². The molecule has 0 spiro atoms. The van der Waals surface area contributed by atoms with Crippen LogP contribution < -0.4 is 5.32 Å². The van der Waals surface area contributed by atoms with Crippen molar-refractivity contribution in [2.24, 2.45) is 0 Å². The first-order valence-electron chi connectivity index (χ1n) is 7.48. The Hall–Kier alpha value is -2.12. The molecule has 0 aliphatic heterocycles. The molecule has 0 heterocycles. The van der Waals surface area contributed by atoms with E-state index in [1.54, 1.807) is 0 Å². The van der Waals surface area contributed by atoms with Crippen molar-refractivity contribution in [3.8, 4) is 0 Å². The average Bonchev–Trinajstić information content (AvgIpc) is 3.33. The molecule has 0 amide bonds. The molecule has 2 rings (SSSR count). The third kappa shape index (κ3) is 3.68. The van der Waals surface area contributed by atoms with Crippen molar-refractivity contribution in [3.63, 3.8) is 0 Å². The van der Waals surface area contributed by atoms with Gasteiger partial charge in [-0.1, -0.05) is 0 Å². The first kappa shape index (κ1) is 18.2. The zero-order chi connectivity index (χ0) is 18.1. The summed E-state index contributed by atoms with van der Waals surface area (Å²) in [5, 5.41) is 2.76. The van der Waals surface area contributed by atoms with Gasteiger partial charge in [-0.3, -0.25) is 4.79 Å². The molecule has 0 saturated heterocycles. The first-order valence-corrected chi connectivity index (χ1v) is 7.48. The second-order valence-corrected chi connectivity index (χ2v) is 5.78. The van der Waals surface area contributed by atoms with Gasteiger partial charge in [-0.05, 0) is 32.8 Å². The minimum atomic E-state index is -2.91. The number of carbonyl (C=O) groups is 2. The van der Waals surface area contributed by atoms with Crippen molar-refractivity contribution in [2.75, 3.05) is 6.61 Å². The van der Waals surface area contributed by atoms with Gasteiger partial charge >= 0.3 is 5.97 Å². The summed E-state index contributed by atoms with van der Waals surface area (Å²) < 4.78 is 59.7. The second-order valence-electron chi connectivity index (χ2n) is 5.78. The van der Waals surface area contributed by atoms with Crippen LogP contribution in [-0.2, 0) is 14.3 Å². The third-order valence-corrected chi connectivity index (χ3v) is 3.62. The number of halogens is 4. The highest BCUT2D eigenvalue weighted by atomic mass is 19.2. The van der Waals surface area contributed by atoms with Crippen LogP contribution in [0.3, 0.4) is 0 Å². The SMILES string of the molecule is CCOC(=O)C(=CNC1CC1)C(=O)C1=CC(C)(F)C(F)C(F)=C1F. The summed E-state index contributed by atoms with van der Waals surface area (Å²) in [5.74, 6) is -6.16. The zero-order valence-electron chi connectivity index (χ0n) is 13.2. The number of allylic oxidation sites excluding steroid dienone is 4. The average molecular weight is 347 g/mol. The maximum Gasteiger partial charge on any atom is 0.343 e. The molecule has 2 unspecified atom stereocenters. The van der Waals surface area contributed by atoms with Gasteiger partial charge in [0, 0.05) is 12.2 Å². The Kier molecular flexibility index (Phi) is 5.15. The zero-order valence-corrected chi connectivity index (χ0v) is 13.2. The molecule has 2 aliphatic carbocycles. The summed E-state index contributed by atoms with van der Waals surface area (Å²) in [6.07, 6.45) is 0.203. The molecule has 0 aromatic carbocycles. The lowest BCUT2D eigenvalue weighted by molar-refractivity contribution is -0.139. The Morgan fingerprint density at radius 1 is 1.42 bits per heavy atom. The van der Waals surface area contributed by atoms with Gasteiger partial charge in [0.2, 0.25) is 5.78 Å². The fraction of sp³-hybridized carbons (Fsp3) is 0.500. The molecular weight excluding hydrogens is 330 g/mol. The van der Waals surface area contributed by atoms with Crippen molar-refractivity contribution < 1.29 is 31.9 Å². The van der Waals surface area contributed by atoms with E-state index >= 15 is 0 Å². The highest BCUT2D eigenvalue weighted by Gasteiger charge is 2.45. The molecule has 1 saturated carbocycles. The molecule has 8 heteroatoms. The molecule has 4 nitrogen and oxygen atoms in total. The number of Topliss-reactive ketones (excluding diaryl/α,β-unsaturated/α-hetero) is 1. The van der Waals surface area contributed by atoms with E-state index in [1.807, 2.05) is 0 Å². The van der Waals surface area contributed by atoms with Crippen LogP contribution in [0.1, 0.15) is 26.7 Å². The highest BCUT2D eigenvalue weighted by Crippen LogP contribution is 2.39.